The average Bonchev–Trinajstić information content (AvgIpc) is 3.54. The Balaban J connectivity index is 0.000000236. The summed E-state index contributed by atoms with van der Waals surface area (Å²) in [6, 6.07) is 6.18. The smallest absolute Gasteiger partial charge is 0.490 e. The van der Waals surface area contributed by atoms with Crippen molar-refractivity contribution in [3.05, 3.63) is 40.4 Å². The van der Waals surface area contributed by atoms with Crippen LogP contribution in [0.25, 0.3) is 5.69 Å². The van der Waals surface area contributed by atoms with Gasteiger partial charge in [-0.25, -0.2) is 14.2 Å². The number of fused-ring (bicyclic) bond motifs is 3. The van der Waals surface area contributed by atoms with E-state index in [0.29, 0.717) is 11.3 Å². The number of carbonyl (C=O) groups is 3. The number of carbonyl (C=O) groups excluding carboxylic acids is 1. The van der Waals surface area contributed by atoms with Crippen molar-refractivity contribution in [2.24, 2.45) is 5.41 Å². The van der Waals surface area contributed by atoms with Gasteiger partial charge < -0.3 is 25.4 Å². The summed E-state index contributed by atoms with van der Waals surface area (Å²) in [5, 5.41) is 36.5. The lowest BCUT2D eigenvalue weighted by Crippen LogP contribution is -2.59. The Bertz CT molecular complexity index is 1480. The average molecular weight is 710 g/mol. The van der Waals surface area contributed by atoms with Gasteiger partial charge in [-0.05, 0) is 36.5 Å². The van der Waals surface area contributed by atoms with Gasteiger partial charge in [0.25, 0.3) is 0 Å². The Hall–Kier alpha value is -3.94. The quantitative estimate of drug-likeness (QED) is 0.314. The molecular weight excluding hydrogens is 685 g/mol. The Labute approximate surface area is 263 Å². The number of aromatic nitrogens is 3. The van der Waals surface area contributed by atoms with Crippen molar-refractivity contribution in [2.45, 2.75) is 69.1 Å². The van der Waals surface area contributed by atoms with Crippen LogP contribution in [0.3, 0.4) is 0 Å². The summed E-state index contributed by atoms with van der Waals surface area (Å²) in [7, 11) is 0. The Morgan fingerprint density at radius 3 is 1.83 bits per heavy atom. The van der Waals surface area contributed by atoms with E-state index in [4.69, 9.17) is 41.3 Å². The van der Waals surface area contributed by atoms with Gasteiger partial charge in [-0.1, -0.05) is 11.6 Å². The zero-order chi connectivity index (χ0) is 35.8. The maximum absolute atomic E-state index is 10.6. The zero-order valence-corrected chi connectivity index (χ0v) is 24.7. The van der Waals surface area contributed by atoms with Crippen molar-refractivity contribution in [1.29, 1.82) is 0 Å². The van der Waals surface area contributed by atoms with Crippen molar-refractivity contribution in [1.82, 2.24) is 20.1 Å². The van der Waals surface area contributed by atoms with Gasteiger partial charge in [-0.2, -0.15) is 39.5 Å². The molecule has 0 bridgehead atoms. The van der Waals surface area contributed by atoms with E-state index in [1.165, 1.54) is 36.9 Å². The summed E-state index contributed by atoms with van der Waals surface area (Å²) in [6.45, 7) is 5.47. The molecule has 3 heterocycles. The molecule has 11 nitrogen and oxygen atoms in total. The highest BCUT2D eigenvalue weighted by molar-refractivity contribution is 6.31. The number of hydrogen-bond donors (Lipinski definition) is 3. The minimum atomic E-state index is -5.19. The number of hydrogen-bond acceptors (Lipinski definition) is 7. The van der Waals surface area contributed by atoms with E-state index >= 15 is 0 Å². The molecule has 1 spiro atoms. The molecule has 0 radical (unpaired) electrons. The molecular formula is C26H25ClF9N5O6. The standard InChI is InChI=1S/C20H23ClN5.3C2HF3O2/c1-19(4-5-19)25-9-13-6-15(21)2-3-16(13)26-17(10-25)23-24-18(26)14-7-20(8-14)11-22-12-20;3*3-2(4,5)1(6)7/h2-3,6,9,14,22H,4-5,7-8,10-12H2,1H3;3*(H,6,7)/q+1;;;/p-1. The highest BCUT2D eigenvalue weighted by Gasteiger charge is 2.52. The van der Waals surface area contributed by atoms with Crippen LogP contribution in [0.15, 0.2) is 18.2 Å². The van der Waals surface area contributed by atoms with Crippen molar-refractivity contribution >= 4 is 35.7 Å². The molecule has 4 aliphatic rings. The van der Waals surface area contributed by atoms with E-state index in [1.54, 1.807) is 0 Å². The first-order chi connectivity index (χ1) is 21.4. The molecule has 1 saturated heterocycles. The largest absolute Gasteiger partial charge is 0.542 e. The first-order valence-corrected chi connectivity index (χ1v) is 13.7. The Morgan fingerprint density at radius 2 is 1.45 bits per heavy atom. The molecule has 260 valence electrons. The molecule has 3 N–H and O–H groups in total. The summed E-state index contributed by atoms with van der Waals surface area (Å²) in [5.74, 6) is -5.81. The second-order valence-corrected chi connectivity index (χ2v) is 11.8. The molecule has 0 unspecified atom stereocenters. The van der Waals surface area contributed by atoms with Crippen LogP contribution < -0.4 is 10.4 Å². The lowest BCUT2D eigenvalue weighted by atomic mass is 9.58. The van der Waals surface area contributed by atoms with Gasteiger partial charge in [0.15, 0.2) is 11.8 Å². The lowest BCUT2D eigenvalue weighted by molar-refractivity contribution is -0.588. The summed E-state index contributed by atoms with van der Waals surface area (Å²) in [5.41, 5.74) is 3.12. The number of alkyl halides is 9. The number of benzene rings is 1. The predicted molar refractivity (Wildman–Crippen MR) is 139 cm³/mol. The van der Waals surface area contributed by atoms with Crippen LogP contribution in [0.2, 0.25) is 5.02 Å². The van der Waals surface area contributed by atoms with E-state index in [1.807, 2.05) is 6.07 Å². The zero-order valence-electron chi connectivity index (χ0n) is 23.9. The molecule has 47 heavy (non-hydrogen) atoms. The van der Waals surface area contributed by atoms with E-state index < -0.39 is 36.4 Å². The van der Waals surface area contributed by atoms with Crippen molar-refractivity contribution in [3.8, 4) is 5.69 Å². The van der Waals surface area contributed by atoms with Crippen LogP contribution in [0, 0.1) is 5.41 Å². The van der Waals surface area contributed by atoms with Crippen LogP contribution in [-0.2, 0) is 20.9 Å². The molecule has 6 rings (SSSR count). The third-order valence-corrected chi connectivity index (χ3v) is 7.93. The van der Waals surface area contributed by atoms with Crippen LogP contribution in [-0.4, -0.2) is 90.8 Å². The molecule has 3 fully saturated rings. The number of carboxylic acid groups (broad SMARTS) is 3. The molecule has 0 amide bonds. The third kappa shape index (κ3) is 9.33. The molecule has 2 aliphatic heterocycles. The van der Waals surface area contributed by atoms with Crippen molar-refractivity contribution in [3.63, 3.8) is 0 Å². The third-order valence-electron chi connectivity index (χ3n) is 7.70. The number of carboxylic acids is 3. The summed E-state index contributed by atoms with van der Waals surface area (Å²) in [6.07, 6.45) is -8.15. The second kappa shape index (κ2) is 13.3. The van der Waals surface area contributed by atoms with Crippen molar-refractivity contribution in [2.75, 3.05) is 13.1 Å². The van der Waals surface area contributed by atoms with E-state index in [-0.39, 0.29) is 5.54 Å². The van der Waals surface area contributed by atoms with E-state index in [0.717, 1.165) is 36.3 Å². The minimum Gasteiger partial charge on any atom is -0.542 e. The van der Waals surface area contributed by atoms with Crippen molar-refractivity contribution < 1.29 is 73.8 Å². The summed E-state index contributed by atoms with van der Waals surface area (Å²) >= 11 is 6.33. The molecule has 2 saturated carbocycles. The molecule has 1 aromatic heterocycles. The number of nitrogens with one attached hydrogen (secondary N) is 1. The Morgan fingerprint density at radius 1 is 0.957 bits per heavy atom. The van der Waals surface area contributed by atoms with E-state index in [9.17, 15) is 39.5 Å². The fraction of sp³-hybridized carbons (Fsp3) is 0.538. The van der Waals surface area contributed by atoms with Gasteiger partial charge >= 0.3 is 30.5 Å². The number of aliphatic carboxylic acids is 3. The fourth-order valence-electron chi connectivity index (χ4n) is 4.91. The normalized spacial score (nSPS) is 18.7. The van der Waals surface area contributed by atoms with Gasteiger partial charge in [0.1, 0.15) is 11.8 Å². The predicted octanol–water partition coefficient (Wildman–Crippen LogP) is 3.45. The highest BCUT2D eigenvalue weighted by Crippen LogP contribution is 2.53. The first-order valence-electron chi connectivity index (χ1n) is 13.3. The minimum absolute atomic E-state index is 0.249. The van der Waals surface area contributed by atoms with Gasteiger partial charge in [0.05, 0.1) is 11.3 Å². The van der Waals surface area contributed by atoms with Crippen LogP contribution >= 0.6 is 11.6 Å². The van der Waals surface area contributed by atoms with Crippen LogP contribution in [0.4, 0.5) is 39.5 Å². The topological polar surface area (TPSA) is 160 Å². The molecule has 2 aromatic rings. The molecule has 21 heteroatoms. The van der Waals surface area contributed by atoms with Gasteiger partial charge in [-0.15, -0.1) is 10.2 Å². The SMILES string of the molecule is CC1([N+]2=Cc3cc(Cl)ccc3-n3c(nnc3C3CC4(CNC4)C3)C2)CC1.O=C(O)C(F)(F)F.O=C(O)C(F)(F)F.O=C([O-])C(F)(F)F. The second-order valence-electron chi connectivity index (χ2n) is 11.4. The van der Waals surface area contributed by atoms with Gasteiger partial charge in [-0.3, -0.25) is 4.57 Å². The first kappa shape index (κ1) is 37.5. The summed E-state index contributed by atoms with van der Waals surface area (Å²) in [4.78, 5) is 26.6. The maximum atomic E-state index is 10.6. The summed E-state index contributed by atoms with van der Waals surface area (Å²) < 4.78 is 99.8. The van der Waals surface area contributed by atoms with Gasteiger partial charge in [0, 0.05) is 43.8 Å². The number of halogens is 10. The molecule has 1 aromatic carbocycles. The fourth-order valence-corrected chi connectivity index (χ4v) is 5.09. The molecule has 0 atom stereocenters. The monoisotopic (exact) mass is 709 g/mol. The van der Waals surface area contributed by atoms with E-state index in [2.05, 4.69) is 49.9 Å². The van der Waals surface area contributed by atoms with Gasteiger partial charge in [0.2, 0.25) is 12.4 Å². The van der Waals surface area contributed by atoms with Crippen LogP contribution in [0.1, 0.15) is 55.7 Å². The van der Waals surface area contributed by atoms with Crippen LogP contribution in [0.5, 0.6) is 0 Å². The number of nitrogens with zero attached hydrogens (tertiary/aromatic N) is 4. The highest BCUT2D eigenvalue weighted by atomic mass is 35.5. The number of rotatable bonds is 2. The lowest BCUT2D eigenvalue weighted by Gasteiger charge is -2.54. The Kier molecular flexibility index (Phi) is 10.6. The maximum Gasteiger partial charge on any atom is 0.490 e. The molecule has 2 aliphatic carbocycles.